The van der Waals surface area contributed by atoms with Crippen molar-refractivity contribution >= 4 is 34.4 Å². The summed E-state index contributed by atoms with van der Waals surface area (Å²) in [5, 5.41) is 9.44. The van der Waals surface area contributed by atoms with E-state index in [1.54, 1.807) is 0 Å². The molecule has 0 aliphatic heterocycles. The Morgan fingerprint density at radius 2 is 0.812 bits per heavy atom. The molecule has 0 aromatic heterocycles. The predicted molar refractivity (Wildman–Crippen MR) is 74.6 cm³/mol. The summed E-state index contributed by atoms with van der Waals surface area (Å²) in [4.78, 5) is 0. The topological polar surface area (TPSA) is 26.0 Å². The quantitative estimate of drug-likeness (QED) is 0.443. The molecule has 1 nitrogen and oxygen atoms in total. The summed E-state index contributed by atoms with van der Waals surface area (Å²) in [6.07, 6.45) is 0. The van der Waals surface area contributed by atoms with Crippen molar-refractivity contribution in [2.75, 3.05) is 0 Å². The lowest BCUT2D eigenvalue weighted by Crippen LogP contribution is -1.74. The second-order valence-corrected chi connectivity index (χ2v) is 3.55. The molecule has 0 radical (unpaired) electrons. The smallest absolute Gasteiger partial charge is 0.0178 e. The molecule has 0 bridgehead atoms. The van der Waals surface area contributed by atoms with Crippen molar-refractivity contribution in [1.82, 2.24) is 0 Å². The summed E-state index contributed by atoms with van der Waals surface area (Å²) >= 11 is 3.03. The highest BCUT2D eigenvalue weighted by atomic mass is 32.1. The molecule has 0 heterocycles. The van der Waals surface area contributed by atoms with Gasteiger partial charge in [-0.25, -0.2) is 0 Å². The number of benzene rings is 3. The van der Waals surface area contributed by atoms with E-state index in [0.29, 0.717) is 0 Å². The third-order valence-corrected chi connectivity index (χ3v) is 2.61. The molecule has 2 N–H and O–H groups in total. The molecule has 80 valence electrons. The average molecular weight is 227 g/mol. The Kier molecular flexibility index (Phi) is 3.44. The van der Waals surface area contributed by atoms with Gasteiger partial charge in [-0.2, -0.15) is 0 Å². The number of hydrogen-bond acceptors (Lipinski definition) is 2. The minimum atomic E-state index is 1.31. The third-order valence-electron chi connectivity index (χ3n) is 2.61. The molecule has 0 spiro atoms. The largest absolute Gasteiger partial charge is 0.281 e. The molecule has 0 saturated carbocycles. The first kappa shape index (κ1) is 11.0. The summed E-state index contributed by atoms with van der Waals surface area (Å²) in [5.41, 5.74) is 0. The average Bonchev–Trinajstić information content (AvgIpc) is 2.38. The SMILES string of the molecule is NS.c1ccc2cc3ccccc3cc2c1. The number of nitrogens with two attached hydrogens (primary N) is 1. The second-order valence-electron chi connectivity index (χ2n) is 3.55. The fourth-order valence-corrected chi connectivity index (χ4v) is 1.88. The Bertz CT molecular complexity index is 499. The highest BCUT2D eigenvalue weighted by Crippen LogP contribution is 2.21. The summed E-state index contributed by atoms with van der Waals surface area (Å²) in [6, 6.07) is 21.4. The molecule has 0 atom stereocenters. The molecule has 0 aliphatic rings. The van der Waals surface area contributed by atoms with Crippen LogP contribution in [-0.2, 0) is 0 Å². The maximum absolute atomic E-state index is 4.19. The Labute approximate surface area is 100 Å². The second kappa shape index (κ2) is 5.01. The van der Waals surface area contributed by atoms with Crippen LogP contribution < -0.4 is 5.14 Å². The van der Waals surface area contributed by atoms with Gasteiger partial charge in [0.05, 0.1) is 0 Å². The van der Waals surface area contributed by atoms with Gasteiger partial charge in [0.1, 0.15) is 0 Å². The first-order chi connectivity index (χ1) is 7.93. The Hall–Kier alpha value is -1.51. The Balaban J connectivity index is 0.000000457. The molecular weight excluding hydrogens is 214 g/mol. The van der Waals surface area contributed by atoms with Crippen molar-refractivity contribution in [2.45, 2.75) is 0 Å². The highest BCUT2D eigenvalue weighted by Gasteiger charge is 1.95. The first-order valence-corrected chi connectivity index (χ1v) is 5.58. The van der Waals surface area contributed by atoms with Crippen molar-refractivity contribution in [1.29, 1.82) is 0 Å². The minimum absolute atomic E-state index is 1.31. The molecule has 16 heavy (non-hydrogen) atoms. The van der Waals surface area contributed by atoms with E-state index in [-0.39, 0.29) is 0 Å². The maximum Gasteiger partial charge on any atom is -0.0178 e. The lowest BCUT2D eigenvalue weighted by Gasteiger charge is -2.00. The van der Waals surface area contributed by atoms with Gasteiger partial charge in [-0.1, -0.05) is 48.5 Å². The molecular formula is C14H13NS. The fraction of sp³-hybridized carbons (Fsp3) is 0. The van der Waals surface area contributed by atoms with Crippen LogP contribution in [0.3, 0.4) is 0 Å². The van der Waals surface area contributed by atoms with E-state index in [2.05, 4.69) is 78.6 Å². The van der Waals surface area contributed by atoms with Crippen LogP contribution in [0.4, 0.5) is 0 Å². The summed E-state index contributed by atoms with van der Waals surface area (Å²) < 4.78 is 0. The van der Waals surface area contributed by atoms with Crippen LogP contribution in [0.1, 0.15) is 0 Å². The number of fused-ring (bicyclic) bond motifs is 2. The van der Waals surface area contributed by atoms with Crippen LogP contribution in [0.25, 0.3) is 21.5 Å². The normalized spacial score (nSPS) is 9.88. The van der Waals surface area contributed by atoms with Gasteiger partial charge in [-0.3, -0.25) is 5.14 Å². The molecule has 2 heteroatoms. The van der Waals surface area contributed by atoms with Gasteiger partial charge >= 0.3 is 0 Å². The van der Waals surface area contributed by atoms with Crippen LogP contribution in [-0.4, -0.2) is 0 Å². The van der Waals surface area contributed by atoms with Gasteiger partial charge in [0.2, 0.25) is 0 Å². The van der Waals surface area contributed by atoms with Crippen molar-refractivity contribution < 1.29 is 0 Å². The summed E-state index contributed by atoms with van der Waals surface area (Å²) in [5.74, 6) is 0. The van der Waals surface area contributed by atoms with Crippen LogP contribution >= 0.6 is 12.8 Å². The standard InChI is InChI=1S/C14H10.H3NS/c1-2-6-12-10-14-8-4-3-7-13(14)9-11(12)5-1;1-2/h1-10H;2H,1H2. The number of thiol groups is 1. The van der Waals surface area contributed by atoms with E-state index in [1.807, 2.05) is 0 Å². The molecule has 3 aromatic rings. The van der Waals surface area contributed by atoms with Gasteiger partial charge in [0, 0.05) is 0 Å². The van der Waals surface area contributed by atoms with E-state index in [0.717, 1.165) is 0 Å². The van der Waals surface area contributed by atoms with Crippen molar-refractivity contribution in [3.05, 3.63) is 60.7 Å². The highest BCUT2D eigenvalue weighted by molar-refractivity contribution is 7.77. The molecule has 0 fully saturated rings. The van der Waals surface area contributed by atoms with E-state index in [4.69, 9.17) is 0 Å². The van der Waals surface area contributed by atoms with Crippen LogP contribution in [0, 0.1) is 0 Å². The van der Waals surface area contributed by atoms with Gasteiger partial charge in [-0.15, -0.1) is 12.8 Å². The molecule has 0 unspecified atom stereocenters. The van der Waals surface area contributed by atoms with Gasteiger partial charge in [-0.05, 0) is 33.7 Å². The van der Waals surface area contributed by atoms with Crippen LogP contribution in [0.2, 0.25) is 0 Å². The maximum atomic E-state index is 4.19. The van der Waals surface area contributed by atoms with Gasteiger partial charge in [0.15, 0.2) is 0 Å². The van der Waals surface area contributed by atoms with Gasteiger partial charge in [0.25, 0.3) is 0 Å². The van der Waals surface area contributed by atoms with Crippen LogP contribution in [0.5, 0.6) is 0 Å². The van der Waals surface area contributed by atoms with Crippen molar-refractivity contribution in [3.8, 4) is 0 Å². The lowest BCUT2D eigenvalue weighted by molar-refractivity contribution is 1.76. The van der Waals surface area contributed by atoms with Crippen molar-refractivity contribution in [2.24, 2.45) is 5.14 Å². The minimum Gasteiger partial charge on any atom is -0.281 e. The molecule has 3 aromatic carbocycles. The Morgan fingerprint density at radius 3 is 1.06 bits per heavy atom. The zero-order valence-corrected chi connectivity index (χ0v) is 9.69. The lowest BCUT2D eigenvalue weighted by atomic mass is 10.0. The zero-order chi connectivity index (χ0) is 11.4. The number of rotatable bonds is 0. The molecule has 0 amide bonds. The fourth-order valence-electron chi connectivity index (χ4n) is 1.88. The van der Waals surface area contributed by atoms with E-state index in [9.17, 15) is 0 Å². The van der Waals surface area contributed by atoms with E-state index in [1.165, 1.54) is 21.5 Å². The molecule has 3 rings (SSSR count). The van der Waals surface area contributed by atoms with Crippen molar-refractivity contribution in [3.63, 3.8) is 0 Å². The molecule has 0 aliphatic carbocycles. The third kappa shape index (κ3) is 2.03. The number of hydrogen-bond donors (Lipinski definition) is 2. The summed E-state index contributed by atoms with van der Waals surface area (Å²) in [6.45, 7) is 0. The van der Waals surface area contributed by atoms with Gasteiger partial charge < -0.3 is 0 Å². The Morgan fingerprint density at radius 1 is 0.562 bits per heavy atom. The molecule has 0 saturated heterocycles. The summed E-state index contributed by atoms with van der Waals surface area (Å²) in [7, 11) is 0. The van der Waals surface area contributed by atoms with E-state index < -0.39 is 0 Å². The predicted octanol–water partition coefficient (Wildman–Crippen LogP) is 3.78. The zero-order valence-electron chi connectivity index (χ0n) is 8.80. The van der Waals surface area contributed by atoms with E-state index >= 15 is 0 Å². The van der Waals surface area contributed by atoms with Crippen LogP contribution in [0.15, 0.2) is 60.7 Å². The first-order valence-electron chi connectivity index (χ1n) is 5.07. The monoisotopic (exact) mass is 227 g/mol.